The molecule has 5 aromatic heterocycles. The molecule has 10 aromatic carbocycles. The third kappa shape index (κ3) is 7.60. The van der Waals surface area contributed by atoms with Crippen LogP contribution in [0.15, 0.2) is 267 Å². The van der Waals surface area contributed by atoms with Gasteiger partial charge in [-0.3, -0.25) is 9.13 Å². The van der Waals surface area contributed by atoms with Gasteiger partial charge in [0.25, 0.3) is 0 Å². The summed E-state index contributed by atoms with van der Waals surface area (Å²) in [6.07, 6.45) is 0. The zero-order chi connectivity index (χ0) is 52.4. The highest BCUT2D eigenvalue weighted by Gasteiger charge is 2.33. The van der Waals surface area contributed by atoms with Crippen molar-refractivity contribution in [3.05, 3.63) is 267 Å². The minimum atomic E-state index is -3.51. The molecule has 15 rings (SSSR count). The van der Waals surface area contributed by atoms with E-state index in [-0.39, 0.29) is 0 Å². The molecule has 0 radical (unpaired) electrons. The van der Waals surface area contributed by atoms with E-state index in [1.54, 1.807) is 0 Å². The molecule has 0 unspecified atom stereocenters. The van der Waals surface area contributed by atoms with Crippen molar-refractivity contribution in [3.63, 3.8) is 0 Å². The molecule has 0 aliphatic carbocycles. The third-order valence-electron chi connectivity index (χ3n) is 14.8. The van der Waals surface area contributed by atoms with Crippen molar-refractivity contribution in [1.29, 1.82) is 0 Å². The van der Waals surface area contributed by atoms with Gasteiger partial charge < -0.3 is 9.13 Å². The van der Waals surface area contributed by atoms with Gasteiger partial charge in [0.2, 0.25) is 11.9 Å². The van der Waals surface area contributed by atoms with Crippen molar-refractivity contribution in [2.45, 2.75) is 0 Å². The zero-order valence-electron chi connectivity index (χ0n) is 42.3. The number of fused-ring (bicyclic) bond motifs is 8. The number of para-hydroxylation sites is 2. The molecule has 372 valence electrons. The number of nitrogens with zero attached hydrogens (tertiary/aromatic N) is 9. The summed E-state index contributed by atoms with van der Waals surface area (Å²) in [7, 11) is -3.51. The van der Waals surface area contributed by atoms with E-state index in [1.165, 1.54) is 0 Å². The average molecular weight is 1030 g/mol. The van der Waals surface area contributed by atoms with E-state index in [9.17, 15) is 0 Å². The molecule has 0 atom stereocenters. The fraction of sp³-hybridized carbons (Fsp3) is 0. The summed E-state index contributed by atoms with van der Waals surface area (Å²) < 4.78 is 23.1. The lowest BCUT2D eigenvalue weighted by Crippen LogP contribution is -2.25. The van der Waals surface area contributed by atoms with E-state index in [1.807, 2.05) is 188 Å². The topological polar surface area (TPSA) is 109 Å². The van der Waals surface area contributed by atoms with Gasteiger partial charge in [-0.15, -0.1) is 0 Å². The fourth-order valence-electron chi connectivity index (χ4n) is 11.2. The Hall–Kier alpha value is -10.4. The van der Waals surface area contributed by atoms with Gasteiger partial charge >= 0.3 is 0 Å². The molecule has 0 bridgehead atoms. The van der Waals surface area contributed by atoms with E-state index in [2.05, 4.69) is 92.6 Å². The molecule has 0 spiro atoms. The van der Waals surface area contributed by atoms with Crippen molar-refractivity contribution in [2.75, 3.05) is 0 Å². The second-order valence-corrected chi connectivity index (χ2v) is 22.2. The third-order valence-corrected chi connectivity index (χ3v) is 17.9. The predicted molar refractivity (Wildman–Crippen MR) is 320 cm³/mol. The number of rotatable bonds is 10. The van der Waals surface area contributed by atoms with Crippen LogP contribution in [0.25, 0.3) is 118 Å². The van der Waals surface area contributed by atoms with Crippen LogP contribution < -0.4 is 15.9 Å². The van der Waals surface area contributed by atoms with E-state index in [0.29, 0.717) is 40.5 Å². The predicted octanol–water partition coefficient (Wildman–Crippen LogP) is 14.5. The van der Waals surface area contributed by atoms with Crippen molar-refractivity contribution in [3.8, 4) is 63.1 Å². The van der Waals surface area contributed by atoms with Gasteiger partial charge in [-0.25, -0.2) is 9.97 Å². The molecule has 0 saturated carbocycles. The van der Waals surface area contributed by atoms with Crippen LogP contribution in [-0.4, -0.2) is 43.6 Å². The molecule has 10 nitrogen and oxygen atoms in total. The highest BCUT2D eigenvalue weighted by atomic mass is 31.2. The van der Waals surface area contributed by atoms with Crippen LogP contribution in [0.2, 0.25) is 0 Å². The number of hydrogen-bond donors (Lipinski definition) is 0. The molecule has 0 aliphatic rings. The van der Waals surface area contributed by atoms with Crippen molar-refractivity contribution < 1.29 is 4.57 Å². The maximum absolute atomic E-state index is 16.4. The fourth-order valence-corrected chi connectivity index (χ4v) is 13.9. The Morgan fingerprint density at radius 2 is 0.608 bits per heavy atom. The van der Waals surface area contributed by atoms with Crippen LogP contribution in [0.5, 0.6) is 0 Å². The molecule has 15 aromatic rings. The van der Waals surface area contributed by atoms with Crippen LogP contribution in [0, 0.1) is 0 Å². The number of hydrogen-bond acceptors (Lipinski definition) is 7. The Morgan fingerprint density at radius 3 is 1.01 bits per heavy atom. The minimum Gasteiger partial charge on any atom is -0.309 e. The first-order valence-corrected chi connectivity index (χ1v) is 27.9. The smallest absolute Gasteiger partial charge is 0.238 e. The largest absolute Gasteiger partial charge is 0.309 e. The number of benzene rings is 10. The first-order valence-electron chi connectivity index (χ1n) is 26.1. The Bertz CT molecular complexity index is 4640. The second kappa shape index (κ2) is 18.7. The molecule has 11 heteroatoms. The molecule has 79 heavy (non-hydrogen) atoms. The summed E-state index contributed by atoms with van der Waals surface area (Å²) in [5.41, 5.74) is 9.66. The lowest BCUT2D eigenvalue weighted by Gasteiger charge is -2.20. The maximum Gasteiger partial charge on any atom is 0.238 e. The second-order valence-electron chi connectivity index (χ2n) is 19.5. The Balaban J connectivity index is 1.12. The molecule has 0 N–H and O–H groups in total. The Morgan fingerprint density at radius 1 is 0.266 bits per heavy atom. The molecule has 0 fully saturated rings. The van der Waals surface area contributed by atoms with Crippen molar-refractivity contribution >= 4 is 77.7 Å². The first kappa shape index (κ1) is 45.9. The van der Waals surface area contributed by atoms with Crippen LogP contribution in [0.1, 0.15) is 0 Å². The Labute approximate surface area is 453 Å². The van der Waals surface area contributed by atoms with Gasteiger partial charge in [0.1, 0.15) is 0 Å². The summed E-state index contributed by atoms with van der Waals surface area (Å²) in [5, 5.41) is 6.14. The summed E-state index contributed by atoms with van der Waals surface area (Å²) in [4.78, 5) is 32.0. The van der Waals surface area contributed by atoms with Gasteiger partial charge in [-0.2, -0.15) is 19.9 Å². The van der Waals surface area contributed by atoms with E-state index < -0.39 is 7.14 Å². The van der Waals surface area contributed by atoms with Gasteiger partial charge in [0, 0.05) is 65.4 Å². The highest BCUT2D eigenvalue weighted by Crippen LogP contribution is 2.46. The first-order chi connectivity index (χ1) is 39.1. The molecule has 5 heterocycles. The number of aromatic nitrogens is 9. The molecule has 0 aliphatic heterocycles. The maximum atomic E-state index is 16.4. The van der Waals surface area contributed by atoms with Crippen LogP contribution in [0.3, 0.4) is 0 Å². The summed E-state index contributed by atoms with van der Waals surface area (Å²) >= 11 is 0. The van der Waals surface area contributed by atoms with E-state index >= 15 is 4.57 Å². The average Bonchev–Trinajstić information content (AvgIpc) is 3.80. The van der Waals surface area contributed by atoms with Crippen molar-refractivity contribution in [2.24, 2.45) is 0 Å². The van der Waals surface area contributed by atoms with Gasteiger partial charge in [0.15, 0.2) is 30.4 Å². The zero-order valence-corrected chi connectivity index (χ0v) is 43.2. The Kier molecular flexibility index (Phi) is 10.9. The van der Waals surface area contributed by atoms with Gasteiger partial charge in [-0.1, -0.05) is 224 Å². The summed E-state index contributed by atoms with van der Waals surface area (Å²) in [6, 6.07) is 89.6. The van der Waals surface area contributed by atoms with Gasteiger partial charge in [0.05, 0.1) is 33.1 Å². The van der Waals surface area contributed by atoms with Crippen LogP contribution in [0.4, 0.5) is 0 Å². The standard InChI is InChI=1S/C68H44N9OP/c78-79(50-31-15-5-16-32-50,51-33-17-6-18-34-51)52-40-42-56-60(44-52)77(68-73-65(47-27-11-3-12-28-47)70-66(74-68)48-29-13-4-14-30-48)61-55-41-39-49(75-57-37-21-19-35-53(57)54-36-20-22-38-58(54)75)43-59(55)76(62(56)61)67-71-63(45-23-7-1-8-24-45)69-64(72-67)46-25-9-2-10-26-46/h1-44H. The van der Waals surface area contributed by atoms with E-state index in [0.717, 1.165) is 93.2 Å². The summed E-state index contributed by atoms with van der Waals surface area (Å²) in [6.45, 7) is 0. The lowest BCUT2D eigenvalue weighted by molar-refractivity contribution is 0.592. The SMILES string of the molecule is O=P(c1ccccc1)(c1ccccc1)c1ccc2c(c1)n(-c1nc(-c3ccccc3)nc(-c3ccccc3)n1)c1c3ccc(-n4c5ccccc5c5ccccc54)cc3n(-c3nc(-c4ccccc4)nc(-c4ccccc4)n3)c21. The van der Waals surface area contributed by atoms with E-state index in [4.69, 9.17) is 29.9 Å². The quantitative estimate of drug-likeness (QED) is 0.126. The van der Waals surface area contributed by atoms with Gasteiger partial charge in [-0.05, 0) is 42.5 Å². The van der Waals surface area contributed by atoms with Crippen LogP contribution in [-0.2, 0) is 4.57 Å². The van der Waals surface area contributed by atoms with Crippen molar-refractivity contribution in [1.82, 2.24) is 43.6 Å². The molecular weight excluding hydrogens is 990 g/mol. The van der Waals surface area contributed by atoms with Crippen LogP contribution >= 0.6 is 7.14 Å². The summed E-state index contributed by atoms with van der Waals surface area (Å²) in [5.74, 6) is 2.85. The highest BCUT2D eigenvalue weighted by molar-refractivity contribution is 7.85. The molecule has 0 amide bonds. The minimum absolute atomic E-state index is 0.384. The monoisotopic (exact) mass is 1030 g/mol. The lowest BCUT2D eigenvalue weighted by atomic mass is 10.2. The normalized spacial score (nSPS) is 11.8. The molecular formula is C68H44N9OP. The molecule has 0 saturated heterocycles.